The van der Waals surface area contributed by atoms with Crippen LogP contribution < -0.4 is 15.6 Å². The number of benzene rings is 1. The third-order valence-electron chi connectivity index (χ3n) is 5.99. The van der Waals surface area contributed by atoms with Gasteiger partial charge in [-0.1, -0.05) is 18.5 Å². The van der Waals surface area contributed by atoms with Crippen LogP contribution in [0.4, 0.5) is 27.8 Å². The Morgan fingerprint density at radius 3 is 2.43 bits per heavy atom. The zero-order valence-corrected chi connectivity index (χ0v) is 19.8. The van der Waals surface area contributed by atoms with Crippen LogP contribution in [-0.4, -0.2) is 63.2 Å². The van der Waals surface area contributed by atoms with Crippen LogP contribution in [0.1, 0.15) is 23.7 Å². The van der Waals surface area contributed by atoms with E-state index in [1.165, 1.54) is 24.0 Å². The molecule has 1 saturated heterocycles. The van der Waals surface area contributed by atoms with Gasteiger partial charge < -0.3 is 20.4 Å². The second-order valence-corrected chi connectivity index (χ2v) is 8.92. The minimum absolute atomic E-state index is 0.00803. The van der Waals surface area contributed by atoms with Gasteiger partial charge in [0.2, 0.25) is 5.43 Å². The molecule has 1 aliphatic rings. The molecule has 1 amide bonds. The van der Waals surface area contributed by atoms with Gasteiger partial charge in [0.25, 0.3) is 5.91 Å². The average Bonchev–Trinajstić information content (AvgIpc) is 3.15. The van der Waals surface area contributed by atoms with E-state index in [0.717, 1.165) is 16.8 Å². The van der Waals surface area contributed by atoms with Crippen molar-refractivity contribution in [3.8, 4) is 5.69 Å². The molecule has 2 aromatic heterocycles. The van der Waals surface area contributed by atoms with Crippen LogP contribution in [0.3, 0.4) is 0 Å². The number of aromatic nitrogens is 2. The molecule has 3 aromatic rings. The molecule has 3 heterocycles. The molecule has 37 heavy (non-hydrogen) atoms. The summed E-state index contributed by atoms with van der Waals surface area (Å²) in [5, 5.41) is 20.8. The Labute approximate surface area is 210 Å². The predicted molar refractivity (Wildman–Crippen MR) is 124 cm³/mol. The van der Waals surface area contributed by atoms with E-state index in [9.17, 15) is 41.8 Å². The molecule has 1 aromatic carbocycles. The molecular weight excluding hydrogens is 527 g/mol. The number of anilines is 1. The molecule has 1 fully saturated rings. The molecule has 1 aliphatic heterocycles. The first-order valence-electron chi connectivity index (χ1n) is 11.0. The number of hydrogen-bond donors (Lipinski definition) is 3. The lowest BCUT2D eigenvalue weighted by atomic mass is 10.1. The lowest BCUT2D eigenvalue weighted by molar-refractivity contribution is -0.153. The maximum absolute atomic E-state index is 14.9. The van der Waals surface area contributed by atoms with Gasteiger partial charge >= 0.3 is 6.18 Å². The molecule has 0 spiro atoms. The van der Waals surface area contributed by atoms with Crippen molar-refractivity contribution < 1.29 is 37.0 Å². The Bertz CT molecular complexity index is 1400. The highest BCUT2D eigenvalue weighted by molar-refractivity contribution is 6.32. The predicted octanol–water partition coefficient (Wildman–Crippen LogP) is 2.93. The fourth-order valence-electron chi connectivity index (χ4n) is 4.07. The first-order valence-corrected chi connectivity index (χ1v) is 11.4. The van der Waals surface area contributed by atoms with Crippen molar-refractivity contribution in [1.82, 2.24) is 14.9 Å². The highest BCUT2D eigenvalue weighted by atomic mass is 35.5. The summed E-state index contributed by atoms with van der Waals surface area (Å²) in [4.78, 5) is 31.8. The molecule has 3 N–H and O–H groups in total. The first-order chi connectivity index (χ1) is 17.3. The molecule has 0 aliphatic carbocycles. The summed E-state index contributed by atoms with van der Waals surface area (Å²) >= 11 is 6.08. The SMILES string of the molecule is CC[C@H](NC(=O)c1cn(-c2c(F)cc(F)cc2Cl)c2nc(N3C[C@@H](O)[C@H](O)C3)ccc2c1=O)C(F)(F)F. The summed E-state index contributed by atoms with van der Waals surface area (Å²) in [6, 6.07) is 1.59. The normalized spacial score (nSPS) is 18.9. The monoisotopic (exact) mass is 546 g/mol. The standard InChI is InChI=1S/C23H20ClF5N4O4/c1-2-17(23(27,28)29)30-22(37)12-7-33(19-13(24)5-10(25)6-14(19)26)21-11(20(12)36)3-4-18(31-21)32-8-15(34)16(35)9-32/h3-7,15-17,34-35H,2,8-9H2,1H3,(H,30,37)/t15-,16-,17+/m1/s1. The average molecular weight is 547 g/mol. The number of carbonyl (C=O) groups excluding carboxylic acids is 1. The number of pyridine rings is 2. The van der Waals surface area contributed by atoms with Crippen LogP contribution in [0.15, 0.2) is 35.3 Å². The van der Waals surface area contributed by atoms with Gasteiger partial charge in [-0.05, 0) is 24.6 Å². The van der Waals surface area contributed by atoms with E-state index in [1.54, 1.807) is 5.32 Å². The van der Waals surface area contributed by atoms with Crippen LogP contribution in [0.2, 0.25) is 5.02 Å². The van der Waals surface area contributed by atoms with Crippen LogP contribution in [-0.2, 0) is 0 Å². The molecule has 8 nitrogen and oxygen atoms in total. The summed E-state index contributed by atoms with van der Waals surface area (Å²) in [5.74, 6) is -3.41. The highest BCUT2D eigenvalue weighted by Gasteiger charge is 2.40. The highest BCUT2D eigenvalue weighted by Crippen LogP contribution is 2.29. The Hall–Kier alpha value is -3.29. The van der Waals surface area contributed by atoms with Crippen molar-refractivity contribution in [1.29, 1.82) is 0 Å². The van der Waals surface area contributed by atoms with Crippen molar-refractivity contribution in [2.45, 2.75) is 37.8 Å². The Morgan fingerprint density at radius 1 is 1.22 bits per heavy atom. The van der Waals surface area contributed by atoms with Gasteiger partial charge in [-0.15, -0.1) is 0 Å². The molecule has 0 radical (unpaired) electrons. The number of hydrogen-bond acceptors (Lipinski definition) is 6. The Balaban J connectivity index is 1.94. The molecule has 0 saturated carbocycles. The number of rotatable bonds is 5. The summed E-state index contributed by atoms with van der Waals surface area (Å²) in [7, 11) is 0. The third kappa shape index (κ3) is 5.11. The largest absolute Gasteiger partial charge is 0.408 e. The van der Waals surface area contributed by atoms with Gasteiger partial charge in [-0.25, -0.2) is 13.8 Å². The van der Waals surface area contributed by atoms with Crippen molar-refractivity contribution in [2.75, 3.05) is 18.0 Å². The van der Waals surface area contributed by atoms with Crippen molar-refractivity contribution in [3.05, 3.63) is 62.9 Å². The lowest BCUT2D eigenvalue weighted by Crippen LogP contribution is -2.46. The Kier molecular flexibility index (Phi) is 7.14. The molecule has 0 bridgehead atoms. The molecule has 14 heteroatoms. The van der Waals surface area contributed by atoms with Gasteiger partial charge in [-0.2, -0.15) is 13.2 Å². The second kappa shape index (κ2) is 9.88. The van der Waals surface area contributed by atoms with E-state index in [4.69, 9.17) is 11.6 Å². The van der Waals surface area contributed by atoms with E-state index >= 15 is 0 Å². The van der Waals surface area contributed by atoms with E-state index < -0.39 is 70.1 Å². The maximum atomic E-state index is 14.9. The fraction of sp³-hybridized carbons (Fsp3) is 0.348. The molecule has 4 rings (SSSR count). The Morgan fingerprint density at radius 2 is 1.86 bits per heavy atom. The van der Waals surface area contributed by atoms with Gasteiger partial charge in [0, 0.05) is 25.4 Å². The smallest absolute Gasteiger partial charge is 0.389 e. The number of carbonyl (C=O) groups is 1. The van der Waals surface area contributed by atoms with Crippen LogP contribution in [0.25, 0.3) is 16.7 Å². The lowest BCUT2D eigenvalue weighted by Gasteiger charge is -2.21. The van der Waals surface area contributed by atoms with Crippen LogP contribution >= 0.6 is 11.6 Å². The van der Waals surface area contributed by atoms with Gasteiger partial charge in [0.1, 0.15) is 28.9 Å². The van der Waals surface area contributed by atoms with Crippen molar-refractivity contribution in [3.63, 3.8) is 0 Å². The number of halogens is 6. The van der Waals surface area contributed by atoms with Gasteiger partial charge in [0.05, 0.1) is 22.6 Å². The van der Waals surface area contributed by atoms with E-state index in [-0.39, 0.29) is 29.9 Å². The van der Waals surface area contributed by atoms with E-state index in [2.05, 4.69) is 4.98 Å². The zero-order valence-electron chi connectivity index (χ0n) is 19.1. The number of aliphatic hydroxyl groups is 2. The first kappa shape index (κ1) is 26.8. The molecule has 198 valence electrons. The third-order valence-corrected chi connectivity index (χ3v) is 6.28. The summed E-state index contributed by atoms with van der Waals surface area (Å²) in [6.07, 6.45) is -6.65. The number of aliphatic hydroxyl groups excluding tert-OH is 2. The number of fused-ring (bicyclic) bond motifs is 1. The number of amides is 1. The molecular formula is C23H20ClF5N4O4. The second-order valence-electron chi connectivity index (χ2n) is 8.52. The topological polar surface area (TPSA) is 108 Å². The minimum Gasteiger partial charge on any atom is -0.389 e. The summed E-state index contributed by atoms with van der Waals surface area (Å²) in [6.45, 7) is 1.18. The van der Waals surface area contributed by atoms with Crippen LogP contribution in [0, 0.1) is 11.6 Å². The number of nitrogens with zero attached hydrogens (tertiary/aromatic N) is 3. The van der Waals surface area contributed by atoms with Crippen LogP contribution in [0.5, 0.6) is 0 Å². The van der Waals surface area contributed by atoms with Gasteiger partial charge in [-0.3, -0.25) is 14.2 Å². The summed E-state index contributed by atoms with van der Waals surface area (Å²) in [5.41, 5.74) is -2.49. The quantitative estimate of drug-likeness (QED) is 0.425. The van der Waals surface area contributed by atoms with Crippen molar-refractivity contribution >= 4 is 34.4 Å². The number of β-amino-alcohol motifs (C(OH)–C–C–N with tert-alkyl or cyclic N) is 2. The van der Waals surface area contributed by atoms with Crippen molar-refractivity contribution in [2.24, 2.45) is 0 Å². The minimum atomic E-state index is -4.78. The zero-order chi connectivity index (χ0) is 27.2. The fourth-order valence-corrected chi connectivity index (χ4v) is 4.36. The number of nitrogens with one attached hydrogen (secondary N) is 1. The number of alkyl halides is 3. The molecule has 3 atom stereocenters. The summed E-state index contributed by atoms with van der Waals surface area (Å²) < 4.78 is 69.2. The molecule has 0 unspecified atom stereocenters. The maximum Gasteiger partial charge on any atom is 0.408 e. The van der Waals surface area contributed by atoms with E-state index in [1.807, 2.05) is 0 Å². The van der Waals surface area contributed by atoms with E-state index in [0.29, 0.717) is 6.07 Å². The van der Waals surface area contributed by atoms with Gasteiger partial charge in [0.15, 0.2) is 11.5 Å².